The van der Waals surface area contributed by atoms with Gasteiger partial charge in [0.05, 0.1) is 6.10 Å². The minimum Gasteiger partial charge on any atom is -0.462 e. The van der Waals surface area contributed by atoms with Crippen molar-refractivity contribution in [3.8, 4) is 0 Å². The van der Waals surface area contributed by atoms with Crippen LogP contribution in [0.1, 0.15) is 34.6 Å². The van der Waals surface area contributed by atoms with Crippen molar-refractivity contribution in [2.24, 2.45) is 0 Å². The fraction of sp³-hybridized carbons (Fsp3) is 0.786. The Bertz CT molecular complexity index is 479. The smallest absolute Gasteiger partial charge is 0.323 e. The second-order valence-corrected chi connectivity index (χ2v) is 13.4. The van der Waals surface area contributed by atoms with Gasteiger partial charge in [-0.25, -0.2) is 5.09 Å². The number of amides is 2. The largest absolute Gasteiger partial charge is 0.462 e. The van der Waals surface area contributed by atoms with Crippen molar-refractivity contribution in [3.63, 3.8) is 0 Å². The predicted octanol–water partition coefficient (Wildman–Crippen LogP) is 1.76. The van der Waals surface area contributed by atoms with Crippen molar-refractivity contribution in [1.82, 2.24) is 15.7 Å². The molecule has 0 heterocycles. The summed E-state index contributed by atoms with van der Waals surface area (Å²) in [5.41, 5.74) is -3.01. The van der Waals surface area contributed by atoms with Crippen molar-refractivity contribution >= 4 is 46.2 Å². The van der Waals surface area contributed by atoms with Crippen LogP contribution in [0.2, 0.25) is 0 Å². The fourth-order valence-electron chi connectivity index (χ4n) is 1.52. The first-order chi connectivity index (χ1) is 11.6. The summed E-state index contributed by atoms with van der Waals surface area (Å²) in [5, 5.41) is 8.13. The van der Waals surface area contributed by atoms with Crippen molar-refractivity contribution in [1.29, 1.82) is 0 Å². The monoisotopic (exact) mass is 413 g/mol. The van der Waals surface area contributed by atoms with Crippen molar-refractivity contribution in [2.45, 2.75) is 46.8 Å². The Balaban J connectivity index is 4.67. The molecule has 2 amide bonds. The highest BCUT2D eigenvalue weighted by atomic mass is 33.1. The highest BCUT2D eigenvalue weighted by Crippen LogP contribution is 2.65. The number of hydrogen-bond donors (Lipinski definition) is 3. The van der Waals surface area contributed by atoms with Crippen LogP contribution in [-0.2, 0) is 23.7 Å². The molecule has 0 radical (unpaired) electrons. The van der Waals surface area contributed by atoms with Gasteiger partial charge in [0.25, 0.3) is 5.70 Å². The van der Waals surface area contributed by atoms with E-state index >= 15 is 0 Å². The maximum atomic E-state index is 13.1. The SMILES string of the molecule is CC(=O)NCCSP(=O)(N[C@@H](C)C(=O)OC(C)C)SCCNC(C)=O. The van der Waals surface area contributed by atoms with E-state index in [0.29, 0.717) is 24.6 Å². The normalized spacial score (nSPS) is 12.6. The van der Waals surface area contributed by atoms with Gasteiger partial charge in [0, 0.05) is 38.4 Å². The van der Waals surface area contributed by atoms with Gasteiger partial charge in [-0.2, -0.15) is 0 Å². The summed E-state index contributed by atoms with van der Waals surface area (Å²) in [7, 11) is 0. The number of nitrogens with one attached hydrogen (secondary N) is 3. The third-order valence-electron chi connectivity index (χ3n) is 2.53. The summed E-state index contributed by atoms with van der Waals surface area (Å²) in [4.78, 5) is 33.7. The molecule has 0 saturated heterocycles. The average molecular weight is 414 g/mol. The topological polar surface area (TPSA) is 114 Å². The lowest BCUT2D eigenvalue weighted by Gasteiger charge is -2.22. The van der Waals surface area contributed by atoms with E-state index in [9.17, 15) is 18.9 Å². The average Bonchev–Trinajstić information content (AvgIpc) is 2.47. The van der Waals surface area contributed by atoms with E-state index in [1.54, 1.807) is 20.8 Å². The molecule has 0 bridgehead atoms. The molecule has 0 aliphatic rings. The molecule has 11 heteroatoms. The van der Waals surface area contributed by atoms with Gasteiger partial charge in [0.1, 0.15) is 6.04 Å². The molecule has 0 unspecified atom stereocenters. The predicted molar refractivity (Wildman–Crippen MR) is 104 cm³/mol. The third kappa shape index (κ3) is 13.2. The molecule has 0 spiro atoms. The Morgan fingerprint density at radius 2 is 1.40 bits per heavy atom. The zero-order valence-electron chi connectivity index (χ0n) is 15.3. The van der Waals surface area contributed by atoms with Crippen molar-refractivity contribution < 1.29 is 23.7 Å². The molecule has 0 saturated carbocycles. The Hall–Kier alpha value is -0.700. The van der Waals surface area contributed by atoms with E-state index in [-0.39, 0.29) is 17.9 Å². The van der Waals surface area contributed by atoms with Gasteiger partial charge in [-0.15, -0.1) is 0 Å². The Morgan fingerprint density at radius 1 is 0.960 bits per heavy atom. The molecular weight excluding hydrogens is 385 g/mol. The number of rotatable bonds is 12. The van der Waals surface area contributed by atoms with Crippen LogP contribution in [0.15, 0.2) is 0 Å². The third-order valence-corrected chi connectivity index (χ3v) is 10.4. The van der Waals surface area contributed by atoms with Crippen LogP contribution in [0.25, 0.3) is 0 Å². The second-order valence-electron chi connectivity index (χ2n) is 5.47. The van der Waals surface area contributed by atoms with Crippen molar-refractivity contribution in [3.05, 3.63) is 0 Å². The van der Waals surface area contributed by atoms with Gasteiger partial charge >= 0.3 is 5.97 Å². The van der Waals surface area contributed by atoms with Crippen LogP contribution in [0.4, 0.5) is 0 Å². The van der Waals surface area contributed by atoms with E-state index in [1.165, 1.54) is 13.8 Å². The summed E-state index contributed by atoms with van der Waals surface area (Å²) in [5.74, 6) is 0.0811. The zero-order valence-corrected chi connectivity index (χ0v) is 17.8. The van der Waals surface area contributed by atoms with Gasteiger partial charge in [-0.05, 0) is 20.8 Å². The van der Waals surface area contributed by atoms with Crippen molar-refractivity contribution in [2.75, 3.05) is 24.6 Å². The lowest BCUT2D eigenvalue weighted by atomic mass is 10.4. The van der Waals surface area contributed by atoms with Gasteiger partial charge in [0.2, 0.25) is 11.8 Å². The second kappa shape index (κ2) is 12.6. The zero-order chi connectivity index (χ0) is 19.5. The molecule has 0 rings (SSSR count). The van der Waals surface area contributed by atoms with E-state index in [1.807, 2.05) is 0 Å². The molecule has 8 nitrogen and oxygen atoms in total. The van der Waals surface area contributed by atoms with Gasteiger partial charge < -0.3 is 15.4 Å². The fourth-order valence-corrected chi connectivity index (χ4v) is 8.81. The first-order valence-corrected chi connectivity index (χ1v) is 12.8. The summed E-state index contributed by atoms with van der Waals surface area (Å²) in [6.45, 7) is 8.66. The van der Waals surface area contributed by atoms with Gasteiger partial charge in [-0.3, -0.25) is 18.9 Å². The minimum absolute atomic E-state index is 0.157. The number of hydrogen-bond acceptors (Lipinski definition) is 7. The molecule has 0 aromatic rings. The molecule has 146 valence electrons. The van der Waals surface area contributed by atoms with Crippen LogP contribution in [0.5, 0.6) is 0 Å². The highest BCUT2D eigenvalue weighted by molar-refractivity contribution is 8.90. The lowest BCUT2D eigenvalue weighted by Crippen LogP contribution is -2.34. The molecule has 0 aromatic heterocycles. The number of ether oxygens (including phenoxy) is 1. The molecule has 0 aromatic carbocycles. The first kappa shape index (κ1) is 24.3. The molecule has 0 aliphatic carbocycles. The lowest BCUT2D eigenvalue weighted by molar-refractivity contribution is -0.148. The molecule has 0 fully saturated rings. The Morgan fingerprint density at radius 3 is 1.76 bits per heavy atom. The Kier molecular flexibility index (Phi) is 12.3. The first-order valence-electron chi connectivity index (χ1n) is 7.92. The standard InChI is InChI=1S/C14H28N3O5PS2/c1-10(2)22-14(20)11(3)17-23(21,24-8-6-15-12(4)18)25-9-7-16-13(5)19/h10-11H,6-9H2,1-5H3,(H,15,18)(H,16,19)(H,17,21)/t11-/m0/s1. The van der Waals surface area contributed by atoms with Crippen LogP contribution in [0, 0.1) is 0 Å². The number of carbonyl (C=O) groups is 3. The van der Waals surface area contributed by atoms with E-state index in [2.05, 4.69) is 15.7 Å². The molecule has 1 atom stereocenters. The van der Waals surface area contributed by atoms with E-state index in [0.717, 1.165) is 22.8 Å². The molecule has 25 heavy (non-hydrogen) atoms. The molecular formula is C14H28N3O5PS2. The maximum absolute atomic E-state index is 13.1. The van der Waals surface area contributed by atoms with Crippen LogP contribution in [-0.4, -0.2) is 54.5 Å². The summed E-state index contributed by atoms with van der Waals surface area (Å²) in [6, 6.07) is -0.727. The maximum Gasteiger partial charge on any atom is 0.323 e. The number of esters is 1. The van der Waals surface area contributed by atoms with Crippen LogP contribution < -0.4 is 15.7 Å². The minimum atomic E-state index is -3.01. The number of carbonyl (C=O) groups excluding carboxylic acids is 3. The van der Waals surface area contributed by atoms with Crippen LogP contribution in [0.3, 0.4) is 0 Å². The highest BCUT2D eigenvalue weighted by Gasteiger charge is 2.29. The Labute approximate surface area is 157 Å². The van der Waals surface area contributed by atoms with Crippen LogP contribution >= 0.6 is 28.5 Å². The van der Waals surface area contributed by atoms with E-state index < -0.39 is 17.7 Å². The summed E-state index contributed by atoms with van der Waals surface area (Å²) in [6.07, 6.45) is -0.254. The quantitative estimate of drug-likeness (QED) is 0.252. The van der Waals surface area contributed by atoms with Gasteiger partial charge in [0.15, 0.2) is 0 Å². The molecule has 3 N–H and O–H groups in total. The summed E-state index contributed by atoms with van der Waals surface area (Å²) < 4.78 is 18.2. The van der Waals surface area contributed by atoms with E-state index in [4.69, 9.17) is 4.74 Å². The summed E-state index contributed by atoms with van der Waals surface area (Å²) >= 11 is 2.32. The van der Waals surface area contributed by atoms with Gasteiger partial charge in [-0.1, -0.05) is 22.8 Å². The molecule has 0 aliphatic heterocycles.